The van der Waals surface area contributed by atoms with Gasteiger partial charge in [-0.25, -0.2) is 0 Å². The second kappa shape index (κ2) is 3.31. The SMILES string of the molecule is C[C@@]1(CC#N)CC(=O)[C@H]2C[CH+]C[C@@H]2C1. The van der Waals surface area contributed by atoms with Crippen molar-refractivity contribution in [1.29, 1.82) is 5.26 Å². The summed E-state index contributed by atoms with van der Waals surface area (Å²) in [5, 5.41) is 8.74. The molecular formula is C12H16NO+. The maximum Gasteiger partial charge on any atom is 0.141 e. The van der Waals surface area contributed by atoms with Crippen molar-refractivity contribution in [2.75, 3.05) is 0 Å². The molecule has 2 saturated carbocycles. The minimum atomic E-state index is -0.0365. The molecule has 0 aromatic carbocycles. The Morgan fingerprint density at radius 1 is 1.64 bits per heavy atom. The van der Waals surface area contributed by atoms with Crippen LogP contribution >= 0.6 is 0 Å². The van der Waals surface area contributed by atoms with Crippen molar-refractivity contribution in [3.63, 3.8) is 0 Å². The highest BCUT2D eigenvalue weighted by Crippen LogP contribution is 2.48. The molecule has 2 heteroatoms. The molecule has 2 aliphatic rings. The van der Waals surface area contributed by atoms with Gasteiger partial charge >= 0.3 is 0 Å². The molecule has 0 saturated heterocycles. The van der Waals surface area contributed by atoms with E-state index in [0.717, 1.165) is 19.3 Å². The molecule has 0 amide bonds. The Balaban J connectivity index is 2.13. The van der Waals surface area contributed by atoms with E-state index in [0.29, 0.717) is 30.5 Å². The van der Waals surface area contributed by atoms with Crippen LogP contribution in [0.15, 0.2) is 0 Å². The van der Waals surface area contributed by atoms with Gasteiger partial charge in [0.1, 0.15) is 5.78 Å². The Hall–Kier alpha value is -0.970. The fourth-order valence-electron chi connectivity index (χ4n) is 3.05. The molecule has 0 aromatic heterocycles. The summed E-state index contributed by atoms with van der Waals surface area (Å²) in [6.45, 7) is 2.09. The van der Waals surface area contributed by atoms with Gasteiger partial charge in [-0.2, -0.15) is 5.26 Å². The predicted molar refractivity (Wildman–Crippen MR) is 53.1 cm³/mol. The van der Waals surface area contributed by atoms with Gasteiger partial charge in [0.05, 0.1) is 31.2 Å². The second-order valence-electron chi connectivity index (χ2n) is 5.12. The average Bonchev–Trinajstić information content (AvgIpc) is 2.51. The van der Waals surface area contributed by atoms with Gasteiger partial charge in [-0.3, -0.25) is 4.79 Å². The molecule has 0 N–H and O–H groups in total. The summed E-state index contributed by atoms with van der Waals surface area (Å²) in [6.07, 6.45) is 6.51. The second-order valence-corrected chi connectivity index (χ2v) is 5.12. The lowest BCUT2D eigenvalue weighted by atomic mass is 9.65. The molecule has 0 unspecified atom stereocenters. The van der Waals surface area contributed by atoms with Crippen LogP contribution in [0.3, 0.4) is 0 Å². The van der Waals surface area contributed by atoms with Gasteiger partial charge in [0.25, 0.3) is 0 Å². The molecular weight excluding hydrogens is 174 g/mol. The largest absolute Gasteiger partial charge is 0.299 e. The summed E-state index contributed by atoms with van der Waals surface area (Å²) >= 11 is 0. The molecule has 2 aliphatic carbocycles. The third-order valence-electron chi connectivity index (χ3n) is 3.73. The molecule has 0 aliphatic heterocycles. The van der Waals surface area contributed by atoms with E-state index in [9.17, 15) is 4.79 Å². The normalized spacial score (nSPS) is 41.3. The molecule has 0 bridgehead atoms. The standard InChI is InChI=1S/C12H16NO/c1-12(5-6-13)7-9-3-2-4-10(9)11(14)8-12/h2,9-10H,3-5,7-8H2,1H3/q+1/t9-,10+,12+/m1/s1. The van der Waals surface area contributed by atoms with Gasteiger partial charge < -0.3 is 0 Å². The van der Waals surface area contributed by atoms with Crippen molar-refractivity contribution in [2.24, 2.45) is 17.3 Å². The number of Topliss-reactive ketones (excluding diaryl/α,β-unsaturated/α-hetero) is 1. The zero-order chi connectivity index (χ0) is 10.2. The van der Waals surface area contributed by atoms with Gasteiger partial charge in [-0.15, -0.1) is 0 Å². The highest BCUT2D eigenvalue weighted by atomic mass is 16.1. The molecule has 0 radical (unpaired) electrons. The third-order valence-corrected chi connectivity index (χ3v) is 3.73. The monoisotopic (exact) mass is 190 g/mol. The van der Waals surface area contributed by atoms with Crippen LogP contribution in [0.5, 0.6) is 0 Å². The maximum absolute atomic E-state index is 11.8. The highest BCUT2D eigenvalue weighted by Gasteiger charge is 2.48. The van der Waals surface area contributed by atoms with Crippen molar-refractivity contribution in [2.45, 2.75) is 39.0 Å². The first-order chi connectivity index (χ1) is 6.64. The lowest BCUT2D eigenvalue weighted by molar-refractivity contribution is -0.129. The van der Waals surface area contributed by atoms with Gasteiger partial charge in [0.2, 0.25) is 0 Å². The van der Waals surface area contributed by atoms with Crippen molar-refractivity contribution < 1.29 is 4.79 Å². The van der Waals surface area contributed by atoms with E-state index in [4.69, 9.17) is 5.26 Å². The van der Waals surface area contributed by atoms with Crippen molar-refractivity contribution in [3.05, 3.63) is 6.42 Å². The van der Waals surface area contributed by atoms with Crippen LogP contribution in [0.4, 0.5) is 0 Å². The number of fused-ring (bicyclic) bond motifs is 1. The fourth-order valence-corrected chi connectivity index (χ4v) is 3.05. The summed E-state index contributed by atoms with van der Waals surface area (Å²) in [5.74, 6) is 1.23. The van der Waals surface area contributed by atoms with Crippen LogP contribution < -0.4 is 0 Å². The van der Waals surface area contributed by atoms with Crippen LogP contribution in [-0.2, 0) is 4.79 Å². The van der Waals surface area contributed by atoms with Crippen molar-refractivity contribution in [1.82, 2.24) is 0 Å². The summed E-state index contributed by atoms with van der Waals surface area (Å²) in [6, 6.07) is 2.22. The topological polar surface area (TPSA) is 40.9 Å². The number of hydrogen-bond donors (Lipinski definition) is 0. The molecule has 14 heavy (non-hydrogen) atoms. The Morgan fingerprint density at radius 3 is 3.14 bits per heavy atom. The minimum absolute atomic E-state index is 0.0365. The number of hydrogen-bond acceptors (Lipinski definition) is 2. The predicted octanol–water partition coefficient (Wildman–Crippen LogP) is 2.50. The highest BCUT2D eigenvalue weighted by molar-refractivity contribution is 5.83. The lowest BCUT2D eigenvalue weighted by Crippen LogP contribution is -2.35. The number of carbonyl (C=O) groups is 1. The Bertz CT molecular complexity index is 291. The van der Waals surface area contributed by atoms with Crippen LogP contribution in [0.2, 0.25) is 0 Å². The van der Waals surface area contributed by atoms with Crippen LogP contribution in [0.25, 0.3) is 0 Å². The van der Waals surface area contributed by atoms with Gasteiger partial charge in [-0.05, 0) is 11.8 Å². The summed E-state index contributed by atoms with van der Waals surface area (Å²) < 4.78 is 0. The summed E-state index contributed by atoms with van der Waals surface area (Å²) in [7, 11) is 0. The zero-order valence-corrected chi connectivity index (χ0v) is 8.62. The number of nitriles is 1. The molecule has 0 aromatic rings. The number of ketones is 1. The van der Waals surface area contributed by atoms with E-state index in [1.807, 2.05) is 0 Å². The average molecular weight is 190 g/mol. The number of carbonyl (C=O) groups excluding carboxylic acids is 1. The quantitative estimate of drug-likeness (QED) is 0.596. The van der Waals surface area contributed by atoms with Gasteiger partial charge in [0, 0.05) is 18.8 Å². The molecule has 2 nitrogen and oxygen atoms in total. The van der Waals surface area contributed by atoms with E-state index < -0.39 is 0 Å². The van der Waals surface area contributed by atoms with Crippen molar-refractivity contribution >= 4 is 5.78 Å². The summed E-state index contributed by atoms with van der Waals surface area (Å²) in [4.78, 5) is 11.8. The molecule has 2 fully saturated rings. The van der Waals surface area contributed by atoms with Gasteiger partial charge in [0.15, 0.2) is 0 Å². The van der Waals surface area contributed by atoms with E-state index >= 15 is 0 Å². The van der Waals surface area contributed by atoms with E-state index in [-0.39, 0.29) is 5.41 Å². The van der Waals surface area contributed by atoms with E-state index in [1.165, 1.54) is 0 Å². The van der Waals surface area contributed by atoms with Crippen LogP contribution in [0, 0.1) is 35.0 Å². The minimum Gasteiger partial charge on any atom is -0.299 e. The Morgan fingerprint density at radius 2 is 2.43 bits per heavy atom. The summed E-state index contributed by atoms with van der Waals surface area (Å²) in [5.41, 5.74) is -0.0365. The first-order valence-electron chi connectivity index (χ1n) is 5.36. The van der Waals surface area contributed by atoms with Crippen LogP contribution in [-0.4, -0.2) is 5.78 Å². The van der Waals surface area contributed by atoms with E-state index in [1.54, 1.807) is 0 Å². The first kappa shape index (κ1) is 9.58. The van der Waals surface area contributed by atoms with Gasteiger partial charge in [-0.1, -0.05) is 6.92 Å². The fraction of sp³-hybridized carbons (Fsp3) is 0.750. The Labute approximate surface area is 85.3 Å². The third kappa shape index (κ3) is 1.52. The van der Waals surface area contributed by atoms with E-state index in [2.05, 4.69) is 19.4 Å². The smallest absolute Gasteiger partial charge is 0.141 e. The van der Waals surface area contributed by atoms with Crippen molar-refractivity contribution in [3.8, 4) is 6.07 Å². The molecule has 0 spiro atoms. The maximum atomic E-state index is 11.8. The molecule has 0 heterocycles. The van der Waals surface area contributed by atoms with Crippen LogP contribution in [0.1, 0.15) is 39.0 Å². The molecule has 3 atom stereocenters. The first-order valence-corrected chi connectivity index (χ1v) is 5.36. The molecule has 74 valence electrons. The molecule has 2 rings (SSSR count). The zero-order valence-electron chi connectivity index (χ0n) is 8.62. The lowest BCUT2D eigenvalue weighted by Gasteiger charge is -2.35. The Kier molecular flexibility index (Phi) is 2.26. The number of rotatable bonds is 1. The number of nitrogens with zero attached hydrogens (tertiary/aromatic N) is 1.